The second kappa shape index (κ2) is 9.46. The maximum atomic E-state index is 12.5. The number of carbonyl (C=O) groups is 2. The van der Waals surface area contributed by atoms with Crippen LogP contribution in [-0.2, 0) is 4.79 Å². The van der Waals surface area contributed by atoms with Crippen molar-refractivity contribution < 1.29 is 19.1 Å². The van der Waals surface area contributed by atoms with Crippen LogP contribution in [0.15, 0.2) is 42.5 Å². The molecule has 6 nitrogen and oxygen atoms in total. The Balaban J connectivity index is 1.55. The molecule has 1 aliphatic heterocycles. The van der Waals surface area contributed by atoms with Crippen molar-refractivity contribution in [3.8, 4) is 11.5 Å². The molecule has 2 aromatic rings. The van der Waals surface area contributed by atoms with Crippen LogP contribution in [0.4, 0.5) is 5.69 Å². The van der Waals surface area contributed by atoms with Crippen molar-refractivity contribution in [2.75, 3.05) is 44.3 Å². The molecule has 148 valence electrons. The maximum absolute atomic E-state index is 12.5. The molecule has 0 radical (unpaired) electrons. The van der Waals surface area contributed by atoms with E-state index in [1.807, 2.05) is 31.2 Å². The van der Waals surface area contributed by atoms with Gasteiger partial charge in [0, 0.05) is 31.7 Å². The van der Waals surface area contributed by atoms with Crippen LogP contribution in [0.5, 0.6) is 11.5 Å². The van der Waals surface area contributed by atoms with Gasteiger partial charge in [-0.1, -0.05) is 23.7 Å². The number of hydrogen-bond donors (Lipinski definition) is 0. The molecular formula is C21H23ClN2O4. The highest BCUT2D eigenvalue weighted by Crippen LogP contribution is 2.28. The average Bonchev–Trinajstić information content (AvgIpc) is 2.73. The van der Waals surface area contributed by atoms with Crippen molar-refractivity contribution in [1.29, 1.82) is 0 Å². The first-order valence-corrected chi connectivity index (χ1v) is 9.62. The summed E-state index contributed by atoms with van der Waals surface area (Å²) in [5, 5.41) is 0.716. The SMILES string of the molecule is CCOc1cc(C=O)ccc1OCC(=O)N1CCN(c2ccccc2Cl)CC1. The number of anilines is 1. The van der Waals surface area contributed by atoms with Gasteiger partial charge in [-0.25, -0.2) is 0 Å². The first-order valence-electron chi connectivity index (χ1n) is 9.24. The smallest absolute Gasteiger partial charge is 0.260 e. The number of hydrogen-bond acceptors (Lipinski definition) is 5. The van der Waals surface area contributed by atoms with Crippen molar-refractivity contribution in [2.45, 2.75) is 6.92 Å². The van der Waals surface area contributed by atoms with E-state index in [0.717, 1.165) is 12.0 Å². The Kier molecular flexibility index (Phi) is 6.76. The third-order valence-electron chi connectivity index (χ3n) is 4.58. The summed E-state index contributed by atoms with van der Waals surface area (Å²) in [5.74, 6) is 0.833. The first kappa shape index (κ1) is 20.0. The molecular weight excluding hydrogens is 380 g/mol. The second-order valence-electron chi connectivity index (χ2n) is 6.36. The van der Waals surface area contributed by atoms with E-state index in [1.165, 1.54) is 0 Å². The lowest BCUT2D eigenvalue weighted by molar-refractivity contribution is -0.133. The molecule has 1 saturated heterocycles. The predicted molar refractivity (Wildman–Crippen MR) is 109 cm³/mol. The second-order valence-corrected chi connectivity index (χ2v) is 6.77. The van der Waals surface area contributed by atoms with Crippen LogP contribution < -0.4 is 14.4 Å². The number of piperazine rings is 1. The Labute approximate surface area is 169 Å². The van der Waals surface area contributed by atoms with Crippen molar-refractivity contribution in [2.24, 2.45) is 0 Å². The van der Waals surface area contributed by atoms with Crippen LogP contribution in [0, 0.1) is 0 Å². The third kappa shape index (κ3) is 4.75. The Morgan fingerprint density at radius 2 is 1.82 bits per heavy atom. The third-order valence-corrected chi connectivity index (χ3v) is 4.90. The summed E-state index contributed by atoms with van der Waals surface area (Å²) in [5.41, 5.74) is 1.49. The van der Waals surface area contributed by atoms with E-state index in [9.17, 15) is 9.59 Å². The highest BCUT2D eigenvalue weighted by Gasteiger charge is 2.23. The summed E-state index contributed by atoms with van der Waals surface area (Å²) in [4.78, 5) is 27.4. The summed E-state index contributed by atoms with van der Waals surface area (Å²) in [7, 11) is 0. The number of carbonyl (C=O) groups excluding carboxylic acids is 2. The lowest BCUT2D eigenvalue weighted by atomic mass is 10.2. The number of aldehydes is 1. The molecule has 1 heterocycles. The van der Waals surface area contributed by atoms with Crippen LogP contribution in [0.3, 0.4) is 0 Å². The Hall–Kier alpha value is -2.73. The molecule has 0 spiro atoms. The number of nitrogens with zero attached hydrogens (tertiary/aromatic N) is 2. The zero-order chi connectivity index (χ0) is 19.9. The largest absolute Gasteiger partial charge is 0.490 e. The van der Waals surface area contributed by atoms with E-state index in [0.29, 0.717) is 54.9 Å². The van der Waals surface area contributed by atoms with Gasteiger partial charge in [-0.15, -0.1) is 0 Å². The minimum absolute atomic E-state index is 0.0768. The van der Waals surface area contributed by atoms with Gasteiger partial charge in [0.1, 0.15) is 6.29 Å². The summed E-state index contributed by atoms with van der Waals surface area (Å²) in [6, 6.07) is 12.6. The topological polar surface area (TPSA) is 59.1 Å². The molecule has 1 fully saturated rings. The summed E-state index contributed by atoms with van der Waals surface area (Å²) < 4.78 is 11.2. The Bertz CT molecular complexity index is 835. The Morgan fingerprint density at radius 3 is 2.50 bits per heavy atom. The minimum atomic E-state index is -0.0827. The van der Waals surface area contributed by atoms with Crippen LogP contribution in [0.25, 0.3) is 0 Å². The lowest BCUT2D eigenvalue weighted by Crippen LogP contribution is -2.50. The van der Waals surface area contributed by atoms with Gasteiger partial charge in [0.2, 0.25) is 0 Å². The minimum Gasteiger partial charge on any atom is -0.490 e. The van der Waals surface area contributed by atoms with Gasteiger partial charge in [-0.2, -0.15) is 0 Å². The van der Waals surface area contributed by atoms with E-state index < -0.39 is 0 Å². The van der Waals surface area contributed by atoms with E-state index >= 15 is 0 Å². The number of para-hydroxylation sites is 1. The van der Waals surface area contributed by atoms with Gasteiger partial charge in [0.25, 0.3) is 5.91 Å². The van der Waals surface area contributed by atoms with Gasteiger partial charge in [0.15, 0.2) is 18.1 Å². The number of halogens is 1. The molecule has 0 unspecified atom stereocenters. The summed E-state index contributed by atoms with van der Waals surface area (Å²) in [6.07, 6.45) is 0.746. The van der Waals surface area contributed by atoms with Crippen molar-refractivity contribution in [1.82, 2.24) is 4.90 Å². The number of ether oxygens (including phenoxy) is 2. The zero-order valence-electron chi connectivity index (χ0n) is 15.8. The number of amides is 1. The van der Waals surface area contributed by atoms with Crippen LogP contribution in [0.2, 0.25) is 5.02 Å². The summed E-state index contributed by atoms with van der Waals surface area (Å²) >= 11 is 6.26. The van der Waals surface area contributed by atoms with Gasteiger partial charge in [-0.05, 0) is 37.3 Å². The first-order chi connectivity index (χ1) is 13.6. The molecule has 3 rings (SSSR count). The lowest BCUT2D eigenvalue weighted by Gasteiger charge is -2.36. The molecule has 28 heavy (non-hydrogen) atoms. The maximum Gasteiger partial charge on any atom is 0.260 e. The van der Waals surface area contributed by atoms with Crippen LogP contribution in [-0.4, -0.2) is 56.5 Å². The predicted octanol–water partition coefficient (Wildman–Crippen LogP) is 3.28. The fourth-order valence-electron chi connectivity index (χ4n) is 3.12. The highest BCUT2D eigenvalue weighted by molar-refractivity contribution is 6.33. The van der Waals surface area contributed by atoms with Crippen molar-refractivity contribution >= 4 is 29.5 Å². The molecule has 1 aliphatic rings. The number of rotatable bonds is 7. The normalized spacial score (nSPS) is 13.9. The van der Waals surface area contributed by atoms with E-state index in [4.69, 9.17) is 21.1 Å². The summed E-state index contributed by atoms with van der Waals surface area (Å²) in [6.45, 7) is 4.86. The van der Waals surface area contributed by atoms with Gasteiger partial charge in [-0.3, -0.25) is 9.59 Å². The molecule has 2 aromatic carbocycles. The molecule has 0 saturated carbocycles. The molecule has 0 bridgehead atoms. The van der Waals surface area contributed by atoms with E-state index in [2.05, 4.69) is 4.90 Å². The van der Waals surface area contributed by atoms with E-state index in [-0.39, 0.29) is 12.5 Å². The Morgan fingerprint density at radius 1 is 1.07 bits per heavy atom. The molecule has 0 aromatic heterocycles. The van der Waals surface area contributed by atoms with Crippen molar-refractivity contribution in [3.05, 3.63) is 53.1 Å². The monoisotopic (exact) mass is 402 g/mol. The molecule has 7 heteroatoms. The van der Waals surface area contributed by atoms with E-state index in [1.54, 1.807) is 23.1 Å². The molecule has 0 aliphatic carbocycles. The zero-order valence-corrected chi connectivity index (χ0v) is 16.5. The van der Waals surface area contributed by atoms with Crippen LogP contribution in [0.1, 0.15) is 17.3 Å². The van der Waals surface area contributed by atoms with Crippen molar-refractivity contribution in [3.63, 3.8) is 0 Å². The highest BCUT2D eigenvalue weighted by atomic mass is 35.5. The molecule has 0 atom stereocenters. The average molecular weight is 403 g/mol. The van der Waals surface area contributed by atoms with Gasteiger partial charge < -0.3 is 19.3 Å². The molecule has 1 amide bonds. The standard InChI is InChI=1S/C21H23ClN2O4/c1-2-27-20-13-16(14-25)7-8-19(20)28-15-21(26)24-11-9-23(10-12-24)18-6-4-3-5-17(18)22/h3-8,13-14H,2,9-12,15H2,1H3. The molecule has 0 N–H and O–H groups in total. The van der Waals surface area contributed by atoms with Gasteiger partial charge in [0.05, 0.1) is 17.3 Å². The number of benzene rings is 2. The van der Waals surface area contributed by atoms with Crippen LogP contribution >= 0.6 is 11.6 Å². The fraction of sp³-hybridized carbons (Fsp3) is 0.333. The fourth-order valence-corrected chi connectivity index (χ4v) is 3.38. The quantitative estimate of drug-likeness (QED) is 0.665. The van der Waals surface area contributed by atoms with Gasteiger partial charge >= 0.3 is 0 Å².